The lowest BCUT2D eigenvalue weighted by Gasteiger charge is -2.35. The molecular weight excluding hydrogens is 379 g/mol. The van der Waals surface area contributed by atoms with Gasteiger partial charge in [0.05, 0.1) is 12.1 Å². The van der Waals surface area contributed by atoms with Gasteiger partial charge in [0.2, 0.25) is 5.91 Å². The van der Waals surface area contributed by atoms with Gasteiger partial charge in [0.25, 0.3) is 6.01 Å². The fraction of sp³-hybridized carbons (Fsp3) is 0.529. The molecule has 2 atom stereocenters. The van der Waals surface area contributed by atoms with Crippen LogP contribution in [0.3, 0.4) is 0 Å². The molecule has 2 N–H and O–H groups in total. The number of fused-ring (bicyclic) bond motifs is 1. The lowest BCUT2D eigenvalue weighted by atomic mass is 10.1. The molecule has 3 heterocycles. The van der Waals surface area contributed by atoms with Crippen LogP contribution in [-0.4, -0.2) is 65.8 Å². The first kappa shape index (κ1) is 20.8. The lowest BCUT2D eigenvalue weighted by molar-refractivity contribution is -0.133. The van der Waals surface area contributed by atoms with Crippen LogP contribution in [-0.2, 0) is 4.79 Å². The van der Waals surface area contributed by atoms with E-state index in [9.17, 15) is 9.90 Å². The maximum absolute atomic E-state index is 12.5. The van der Waals surface area contributed by atoms with Crippen molar-refractivity contribution in [2.24, 2.45) is 0 Å². The molecule has 0 bridgehead atoms. The van der Waals surface area contributed by atoms with Crippen LogP contribution in [0.15, 0.2) is 22.6 Å². The summed E-state index contributed by atoms with van der Waals surface area (Å²) in [6.07, 6.45) is 0.0900. The third kappa shape index (κ3) is 4.06. The van der Waals surface area contributed by atoms with Crippen molar-refractivity contribution in [2.45, 2.75) is 25.5 Å². The molecule has 1 amide bonds. The van der Waals surface area contributed by atoms with Crippen molar-refractivity contribution >= 4 is 47.8 Å². The van der Waals surface area contributed by atoms with Gasteiger partial charge < -0.3 is 24.6 Å². The quantitative estimate of drug-likeness (QED) is 0.788. The van der Waals surface area contributed by atoms with Gasteiger partial charge in [-0.2, -0.15) is 4.98 Å². The van der Waals surface area contributed by atoms with Gasteiger partial charge in [-0.15, -0.1) is 24.8 Å². The fourth-order valence-electron chi connectivity index (χ4n) is 3.40. The Morgan fingerprint density at radius 2 is 2.00 bits per heavy atom. The Morgan fingerprint density at radius 1 is 1.27 bits per heavy atom. The molecule has 2 fully saturated rings. The summed E-state index contributed by atoms with van der Waals surface area (Å²) >= 11 is 0. The van der Waals surface area contributed by atoms with Crippen molar-refractivity contribution in [1.29, 1.82) is 0 Å². The number of anilines is 1. The number of β-amino-alcohol motifs (C(OH)–C–C–N with tert-alkyl or cyclic N) is 1. The SMILES string of the molecule is Cc1ccc2oc(N3CCN(C(=O)C4CC(O)CN4)CC3)nc2c1.Cl.Cl. The van der Waals surface area contributed by atoms with Crippen molar-refractivity contribution < 1.29 is 14.3 Å². The van der Waals surface area contributed by atoms with Gasteiger partial charge in [-0.05, 0) is 31.0 Å². The zero-order chi connectivity index (χ0) is 16.7. The van der Waals surface area contributed by atoms with E-state index in [1.807, 2.05) is 30.0 Å². The standard InChI is InChI=1S/C17H22N4O3.2ClH/c1-11-2-3-15-13(8-11)19-17(24-15)21-6-4-20(5-7-21)16(23)14-9-12(22)10-18-14;;/h2-3,8,12,14,18,22H,4-7,9-10H2,1H3;2*1H. The van der Waals surface area contributed by atoms with Crippen molar-refractivity contribution in [3.05, 3.63) is 23.8 Å². The summed E-state index contributed by atoms with van der Waals surface area (Å²) in [4.78, 5) is 21.0. The largest absolute Gasteiger partial charge is 0.423 e. The third-order valence-corrected chi connectivity index (χ3v) is 4.80. The Bertz CT molecular complexity index is 762. The van der Waals surface area contributed by atoms with Crippen LogP contribution in [0.5, 0.6) is 0 Å². The Morgan fingerprint density at radius 3 is 2.65 bits per heavy atom. The molecule has 2 unspecified atom stereocenters. The number of amides is 1. The highest BCUT2D eigenvalue weighted by atomic mass is 35.5. The molecule has 1 aromatic carbocycles. The number of oxazole rings is 1. The van der Waals surface area contributed by atoms with Crippen LogP contribution in [0.1, 0.15) is 12.0 Å². The van der Waals surface area contributed by atoms with E-state index >= 15 is 0 Å². The van der Waals surface area contributed by atoms with Crippen molar-refractivity contribution in [3.8, 4) is 0 Å². The minimum absolute atomic E-state index is 0. The van der Waals surface area contributed by atoms with E-state index in [1.54, 1.807) is 0 Å². The number of piperazine rings is 1. The summed E-state index contributed by atoms with van der Waals surface area (Å²) in [7, 11) is 0. The van der Waals surface area contributed by atoms with Gasteiger partial charge in [-0.25, -0.2) is 0 Å². The van der Waals surface area contributed by atoms with E-state index in [2.05, 4.69) is 15.2 Å². The number of aliphatic hydroxyl groups is 1. The average Bonchev–Trinajstić information content (AvgIpc) is 3.20. The van der Waals surface area contributed by atoms with Gasteiger partial charge in [-0.1, -0.05) is 6.07 Å². The van der Waals surface area contributed by atoms with E-state index in [0.717, 1.165) is 16.7 Å². The van der Waals surface area contributed by atoms with Gasteiger partial charge in [0.1, 0.15) is 5.52 Å². The normalized spacial score (nSPS) is 22.8. The number of nitrogens with one attached hydrogen (secondary N) is 1. The van der Waals surface area contributed by atoms with Gasteiger partial charge in [0.15, 0.2) is 5.58 Å². The molecule has 7 nitrogen and oxygen atoms in total. The first-order valence-corrected chi connectivity index (χ1v) is 8.42. The predicted molar refractivity (Wildman–Crippen MR) is 104 cm³/mol. The van der Waals surface area contributed by atoms with E-state index in [0.29, 0.717) is 45.2 Å². The molecule has 4 rings (SSSR count). The molecule has 1 aromatic heterocycles. The van der Waals surface area contributed by atoms with E-state index in [1.165, 1.54) is 0 Å². The predicted octanol–water partition coefficient (Wildman–Crippen LogP) is 1.35. The van der Waals surface area contributed by atoms with Crippen molar-refractivity contribution in [3.63, 3.8) is 0 Å². The molecule has 2 saturated heterocycles. The van der Waals surface area contributed by atoms with Gasteiger partial charge >= 0.3 is 0 Å². The number of nitrogens with zero attached hydrogens (tertiary/aromatic N) is 3. The molecule has 0 saturated carbocycles. The number of hydrogen-bond donors (Lipinski definition) is 2. The Kier molecular flexibility index (Phi) is 6.74. The molecule has 2 aliphatic rings. The molecule has 0 radical (unpaired) electrons. The molecule has 0 spiro atoms. The minimum atomic E-state index is -0.413. The van der Waals surface area contributed by atoms with Crippen LogP contribution in [0.4, 0.5) is 6.01 Å². The first-order valence-electron chi connectivity index (χ1n) is 8.42. The fourth-order valence-corrected chi connectivity index (χ4v) is 3.40. The molecule has 144 valence electrons. The van der Waals surface area contributed by atoms with Crippen LogP contribution >= 0.6 is 24.8 Å². The van der Waals surface area contributed by atoms with Crippen LogP contribution in [0.25, 0.3) is 11.1 Å². The number of halogens is 2. The van der Waals surface area contributed by atoms with E-state index in [4.69, 9.17) is 4.42 Å². The van der Waals surface area contributed by atoms with Gasteiger partial charge in [-0.3, -0.25) is 4.79 Å². The summed E-state index contributed by atoms with van der Waals surface area (Å²) < 4.78 is 5.84. The summed E-state index contributed by atoms with van der Waals surface area (Å²) in [5, 5.41) is 12.6. The molecule has 2 aromatic rings. The molecule has 26 heavy (non-hydrogen) atoms. The van der Waals surface area contributed by atoms with Crippen LogP contribution in [0, 0.1) is 6.92 Å². The monoisotopic (exact) mass is 402 g/mol. The molecule has 2 aliphatic heterocycles. The topological polar surface area (TPSA) is 81.8 Å². The van der Waals surface area contributed by atoms with E-state index in [-0.39, 0.29) is 36.8 Å². The number of aliphatic hydroxyl groups excluding tert-OH is 1. The maximum atomic E-state index is 12.5. The van der Waals surface area contributed by atoms with Gasteiger partial charge in [0, 0.05) is 32.7 Å². The Hall–Kier alpha value is -1.54. The average molecular weight is 403 g/mol. The summed E-state index contributed by atoms with van der Waals surface area (Å²) in [5.41, 5.74) is 2.81. The summed E-state index contributed by atoms with van der Waals surface area (Å²) in [6, 6.07) is 6.34. The smallest absolute Gasteiger partial charge is 0.298 e. The number of carbonyl (C=O) groups excluding carboxylic acids is 1. The van der Waals surface area contributed by atoms with E-state index < -0.39 is 6.10 Å². The van der Waals surface area contributed by atoms with Crippen LogP contribution < -0.4 is 10.2 Å². The number of rotatable bonds is 2. The summed E-state index contributed by atoms with van der Waals surface area (Å²) in [6.45, 7) is 5.22. The third-order valence-electron chi connectivity index (χ3n) is 4.80. The zero-order valence-electron chi connectivity index (χ0n) is 14.6. The second-order valence-corrected chi connectivity index (χ2v) is 6.63. The zero-order valence-corrected chi connectivity index (χ0v) is 16.2. The first-order chi connectivity index (χ1) is 11.6. The molecule has 9 heteroatoms. The van der Waals surface area contributed by atoms with Crippen LogP contribution in [0.2, 0.25) is 0 Å². The van der Waals surface area contributed by atoms with Crippen molar-refractivity contribution in [2.75, 3.05) is 37.6 Å². The number of hydrogen-bond acceptors (Lipinski definition) is 6. The highest BCUT2D eigenvalue weighted by Gasteiger charge is 2.33. The minimum Gasteiger partial charge on any atom is -0.423 e. The molecular formula is C17H24Cl2N4O3. The molecule has 0 aliphatic carbocycles. The Labute approximate surface area is 164 Å². The van der Waals surface area contributed by atoms with Crippen molar-refractivity contribution in [1.82, 2.24) is 15.2 Å². The number of aryl methyl sites for hydroxylation is 1. The maximum Gasteiger partial charge on any atom is 0.298 e. The number of benzene rings is 1. The highest BCUT2D eigenvalue weighted by Crippen LogP contribution is 2.24. The number of aromatic nitrogens is 1. The second kappa shape index (κ2) is 8.43. The Balaban J connectivity index is 0.00000121. The summed E-state index contributed by atoms with van der Waals surface area (Å²) in [5.74, 6) is 0.0828. The highest BCUT2D eigenvalue weighted by molar-refractivity contribution is 5.85. The second-order valence-electron chi connectivity index (χ2n) is 6.63. The lowest BCUT2D eigenvalue weighted by Crippen LogP contribution is -2.53. The number of carbonyl (C=O) groups is 1.